The van der Waals surface area contributed by atoms with Crippen LogP contribution in [-0.4, -0.2) is 43.0 Å². The Balaban J connectivity index is 2.60. The van der Waals surface area contributed by atoms with Crippen molar-refractivity contribution in [2.75, 3.05) is 20.6 Å². The van der Waals surface area contributed by atoms with Gasteiger partial charge in [0.15, 0.2) is 0 Å². The van der Waals surface area contributed by atoms with E-state index < -0.39 is 6.04 Å². The summed E-state index contributed by atoms with van der Waals surface area (Å²) in [5, 5.41) is 3.08. The molecule has 19 heavy (non-hydrogen) atoms. The molecule has 1 rings (SSSR count). The summed E-state index contributed by atoms with van der Waals surface area (Å²) in [4.78, 5) is 14.4. The van der Waals surface area contributed by atoms with Gasteiger partial charge in [-0.1, -0.05) is 40.0 Å². The van der Waals surface area contributed by atoms with Gasteiger partial charge in [0.25, 0.3) is 0 Å². The van der Waals surface area contributed by atoms with Gasteiger partial charge >= 0.3 is 0 Å². The number of hydrogen-bond donors (Lipinski definition) is 2. The van der Waals surface area contributed by atoms with Gasteiger partial charge < -0.3 is 16.0 Å². The number of nitrogens with two attached hydrogens (primary N) is 1. The number of carbonyl (C=O) groups excluding carboxylic acids is 1. The minimum Gasteiger partial charge on any atom is -0.353 e. The smallest absolute Gasteiger partial charge is 0.237 e. The third-order valence-electron chi connectivity index (χ3n) is 4.54. The molecule has 0 aromatic heterocycles. The minimum absolute atomic E-state index is 0.0284. The van der Waals surface area contributed by atoms with E-state index >= 15 is 0 Å². The molecule has 0 heterocycles. The molecule has 3 N–H and O–H groups in total. The summed E-state index contributed by atoms with van der Waals surface area (Å²) in [5.74, 6) is -0.0284. The molecule has 0 aromatic rings. The van der Waals surface area contributed by atoms with Gasteiger partial charge in [-0.2, -0.15) is 0 Å². The first-order valence-electron chi connectivity index (χ1n) is 7.40. The van der Waals surface area contributed by atoms with Crippen molar-refractivity contribution < 1.29 is 4.79 Å². The van der Waals surface area contributed by atoms with Crippen LogP contribution < -0.4 is 11.1 Å². The van der Waals surface area contributed by atoms with Crippen molar-refractivity contribution in [1.29, 1.82) is 0 Å². The van der Waals surface area contributed by atoms with Crippen LogP contribution in [0.1, 0.15) is 52.9 Å². The number of nitrogens with zero attached hydrogens (tertiary/aromatic N) is 1. The monoisotopic (exact) mass is 269 g/mol. The summed E-state index contributed by atoms with van der Waals surface area (Å²) >= 11 is 0. The highest BCUT2D eigenvalue weighted by Crippen LogP contribution is 2.31. The fourth-order valence-corrected chi connectivity index (χ4v) is 2.75. The third-order valence-corrected chi connectivity index (χ3v) is 4.54. The lowest BCUT2D eigenvalue weighted by Gasteiger charge is -2.43. The second-order valence-corrected chi connectivity index (χ2v) is 7.24. The molecule has 0 saturated heterocycles. The van der Waals surface area contributed by atoms with E-state index in [0.29, 0.717) is 6.54 Å². The highest BCUT2D eigenvalue weighted by Gasteiger charge is 2.36. The summed E-state index contributed by atoms with van der Waals surface area (Å²) in [6, 6.07) is -0.449. The molecular formula is C15H31N3O. The van der Waals surface area contributed by atoms with Gasteiger partial charge in [0.05, 0.1) is 6.04 Å². The molecule has 1 amide bonds. The summed E-state index contributed by atoms with van der Waals surface area (Å²) in [6.07, 6.45) is 6.12. The molecule has 0 radical (unpaired) electrons. The topological polar surface area (TPSA) is 58.4 Å². The predicted octanol–water partition coefficient (Wildman–Crippen LogP) is 1.74. The molecule has 1 fully saturated rings. The fourth-order valence-electron chi connectivity index (χ4n) is 2.75. The molecule has 0 aliphatic heterocycles. The zero-order chi connectivity index (χ0) is 14.7. The standard InChI is InChI=1S/C15H31N3O/c1-14(2,3)12(16)13(19)17-11-15(18(4)5)9-7-6-8-10-15/h12H,6-11,16H2,1-5H3,(H,17,19). The van der Waals surface area contributed by atoms with E-state index in [0.717, 1.165) is 12.8 Å². The van der Waals surface area contributed by atoms with Gasteiger partial charge in [0, 0.05) is 12.1 Å². The van der Waals surface area contributed by atoms with Crippen LogP contribution in [0.25, 0.3) is 0 Å². The highest BCUT2D eigenvalue weighted by atomic mass is 16.2. The predicted molar refractivity (Wildman–Crippen MR) is 79.9 cm³/mol. The molecular weight excluding hydrogens is 238 g/mol. The van der Waals surface area contributed by atoms with Crippen LogP contribution in [0.2, 0.25) is 0 Å². The van der Waals surface area contributed by atoms with Crippen molar-refractivity contribution in [1.82, 2.24) is 10.2 Å². The molecule has 1 aliphatic rings. The lowest BCUT2D eigenvalue weighted by atomic mass is 9.80. The zero-order valence-corrected chi connectivity index (χ0v) is 13.3. The number of nitrogens with one attached hydrogen (secondary N) is 1. The SMILES string of the molecule is CN(C)C1(CNC(=O)C(N)C(C)(C)C)CCCCC1. The largest absolute Gasteiger partial charge is 0.353 e. The molecule has 1 unspecified atom stereocenters. The van der Waals surface area contributed by atoms with Crippen LogP contribution in [0.15, 0.2) is 0 Å². The molecule has 4 nitrogen and oxygen atoms in total. The van der Waals surface area contributed by atoms with Crippen molar-refractivity contribution in [2.24, 2.45) is 11.1 Å². The maximum atomic E-state index is 12.1. The molecule has 112 valence electrons. The quantitative estimate of drug-likeness (QED) is 0.817. The van der Waals surface area contributed by atoms with E-state index in [1.165, 1.54) is 19.3 Å². The molecule has 1 saturated carbocycles. The number of hydrogen-bond acceptors (Lipinski definition) is 3. The average Bonchev–Trinajstić information content (AvgIpc) is 2.34. The van der Waals surface area contributed by atoms with Crippen LogP contribution in [0.5, 0.6) is 0 Å². The molecule has 1 aliphatic carbocycles. The second kappa shape index (κ2) is 6.23. The van der Waals surface area contributed by atoms with E-state index in [4.69, 9.17) is 5.73 Å². The number of amides is 1. The van der Waals surface area contributed by atoms with Crippen molar-refractivity contribution in [3.63, 3.8) is 0 Å². The maximum absolute atomic E-state index is 12.1. The van der Waals surface area contributed by atoms with Crippen molar-refractivity contribution in [3.8, 4) is 0 Å². The van der Waals surface area contributed by atoms with Crippen LogP contribution in [0, 0.1) is 5.41 Å². The van der Waals surface area contributed by atoms with Crippen molar-refractivity contribution in [2.45, 2.75) is 64.5 Å². The van der Waals surface area contributed by atoms with Crippen LogP contribution >= 0.6 is 0 Å². The van der Waals surface area contributed by atoms with E-state index in [2.05, 4.69) is 24.3 Å². The number of rotatable bonds is 4. The van der Waals surface area contributed by atoms with E-state index in [-0.39, 0.29) is 16.9 Å². The Kier molecular flexibility index (Phi) is 5.39. The maximum Gasteiger partial charge on any atom is 0.237 e. The van der Waals surface area contributed by atoms with Crippen molar-refractivity contribution >= 4 is 5.91 Å². The summed E-state index contributed by atoms with van der Waals surface area (Å²) in [7, 11) is 4.22. The lowest BCUT2D eigenvalue weighted by molar-refractivity contribution is -0.125. The summed E-state index contributed by atoms with van der Waals surface area (Å²) in [5.41, 5.74) is 5.93. The van der Waals surface area contributed by atoms with Gasteiger partial charge in [-0.25, -0.2) is 0 Å². The average molecular weight is 269 g/mol. The summed E-state index contributed by atoms with van der Waals surface area (Å²) in [6.45, 7) is 6.71. The Morgan fingerprint density at radius 3 is 2.21 bits per heavy atom. The first-order valence-corrected chi connectivity index (χ1v) is 7.40. The number of carbonyl (C=O) groups is 1. The molecule has 1 atom stereocenters. The molecule has 0 bridgehead atoms. The Hall–Kier alpha value is -0.610. The normalized spacial score (nSPS) is 21.2. The first kappa shape index (κ1) is 16.4. The fraction of sp³-hybridized carbons (Fsp3) is 0.933. The Labute approximate surface area is 118 Å². The van der Waals surface area contributed by atoms with Crippen LogP contribution in [0.3, 0.4) is 0 Å². The van der Waals surface area contributed by atoms with Gasteiger partial charge in [0.1, 0.15) is 0 Å². The summed E-state index contributed by atoms with van der Waals surface area (Å²) < 4.78 is 0. The minimum atomic E-state index is -0.449. The van der Waals surface area contributed by atoms with Crippen LogP contribution in [-0.2, 0) is 4.79 Å². The highest BCUT2D eigenvalue weighted by molar-refractivity contribution is 5.82. The van der Waals surface area contributed by atoms with E-state index in [1.54, 1.807) is 0 Å². The van der Waals surface area contributed by atoms with Gasteiger partial charge in [0.2, 0.25) is 5.91 Å². The second-order valence-electron chi connectivity index (χ2n) is 7.24. The molecule has 0 aromatic carbocycles. The Morgan fingerprint density at radius 1 is 1.26 bits per heavy atom. The molecule has 4 heteroatoms. The van der Waals surface area contributed by atoms with Crippen molar-refractivity contribution in [3.05, 3.63) is 0 Å². The first-order chi connectivity index (χ1) is 8.69. The van der Waals surface area contributed by atoms with E-state index in [1.807, 2.05) is 20.8 Å². The zero-order valence-electron chi connectivity index (χ0n) is 13.3. The van der Waals surface area contributed by atoms with Gasteiger partial charge in [-0.15, -0.1) is 0 Å². The number of likely N-dealkylation sites (N-methyl/N-ethyl adjacent to an activating group) is 1. The van der Waals surface area contributed by atoms with Gasteiger partial charge in [-0.3, -0.25) is 4.79 Å². The van der Waals surface area contributed by atoms with Gasteiger partial charge in [-0.05, 0) is 32.4 Å². The third kappa shape index (κ3) is 4.18. The lowest BCUT2D eigenvalue weighted by Crippen LogP contribution is -2.57. The molecule has 0 spiro atoms. The van der Waals surface area contributed by atoms with E-state index in [9.17, 15) is 4.79 Å². The Morgan fingerprint density at radius 2 is 1.79 bits per heavy atom. The Bertz CT molecular complexity index is 301. The van der Waals surface area contributed by atoms with Crippen LogP contribution in [0.4, 0.5) is 0 Å².